The van der Waals surface area contributed by atoms with E-state index in [1.54, 1.807) is 38.1 Å². The molecule has 2 atom stereocenters. The fraction of sp³-hybridized carbons (Fsp3) is 0.440. The number of nitrogens with two attached hydrogens (primary N) is 1. The molecule has 1 aliphatic heterocycles. The first-order chi connectivity index (χ1) is 18.0. The van der Waals surface area contributed by atoms with E-state index >= 15 is 0 Å². The number of nitrogens with zero attached hydrogens (tertiary/aromatic N) is 1. The number of urea groups is 1. The number of hydrogen-bond donors (Lipinski definition) is 6. The Balaban J connectivity index is 2.03. The first-order valence-corrected chi connectivity index (χ1v) is 12.2. The Hall–Kier alpha value is -4.26. The van der Waals surface area contributed by atoms with Crippen molar-refractivity contribution >= 4 is 41.3 Å². The second kappa shape index (κ2) is 14.5. The number of imide groups is 1. The smallest absolute Gasteiger partial charge is 0.312 e. The molecule has 13 nitrogen and oxygen atoms in total. The van der Waals surface area contributed by atoms with Crippen LogP contribution in [0.15, 0.2) is 36.4 Å². The van der Waals surface area contributed by atoms with E-state index in [1.165, 1.54) is 0 Å². The number of carbonyl (C=O) groups is 6. The summed E-state index contributed by atoms with van der Waals surface area (Å²) in [6, 6.07) is 3.80. The number of benzene rings is 1. The molecule has 1 aliphatic rings. The average molecular weight is 531 g/mol. The molecule has 0 saturated heterocycles. The Morgan fingerprint density at radius 2 is 1.61 bits per heavy atom. The van der Waals surface area contributed by atoms with Crippen LogP contribution < -0.4 is 27.0 Å². The quantitative estimate of drug-likeness (QED) is 0.138. The van der Waals surface area contributed by atoms with Crippen LogP contribution in [-0.2, 0) is 30.6 Å². The minimum absolute atomic E-state index is 0.129. The van der Waals surface area contributed by atoms with Gasteiger partial charge < -0.3 is 32.1 Å². The minimum atomic E-state index is -1.00. The van der Waals surface area contributed by atoms with Crippen LogP contribution in [-0.4, -0.2) is 70.7 Å². The SMILES string of the molecule is CC(C)[C@@H](NC(=O)CCN1C(=O)C=CC1=O)C(=O)N[C@@H](CCCNC(N)=O)C(=O)Nc1ccc(CO)cc1. The van der Waals surface area contributed by atoms with Crippen molar-refractivity contribution in [2.45, 2.75) is 51.8 Å². The molecule has 1 aromatic carbocycles. The largest absolute Gasteiger partial charge is 0.392 e. The number of amides is 7. The molecule has 0 aliphatic carbocycles. The summed E-state index contributed by atoms with van der Waals surface area (Å²) >= 11 is 0. The lowest BCUT2D eigenvalue weighted by Crippen LogP contribution is -2.54. The van der Waals surface area contributed by atoms with Gasteiger partial charge in [-0.1, -0.05) is 26.0 Å². The van der Waals surface area contributed by atoms with E-state index in [0.29, 0.717) is 17.7 Å². The maximum Gasteiger partial charge on any atom is 0.312 e. The number of nitrogens with one attached hydrogen (secondary N) is 4. The number of primary amides is 1. The lowest BCUT2D eigenvalue weighted by molar-refractivity contribution is -0.137. The lowest BCUT2D eigenvalue weighted by atomic mass is 10.0. The normalized spacial score (nSPS) is 14.3. The van der Waals surface area contributed by atoms with Gasteiger partial charge in [-0.3, -0.25) is 28.9 Å². The summed E-state index contributed by atoms with van der Waals surface area (Å²) in [5, 5.41) is 19.6. The van der Waals surface area contributed by atoms with Crippen LogP contribution in [0.3, 0.4) is 0 Å². The van der Waals surface area contributed by atoms with Gasteiger partial charge >= 0.3 is 6.03 Å². The highest BCUT2D eigenvalue weighted by atomic mass is 16.3. The lowest BCUT2D eigenvalue weighted by Gasteiger charge is -2.25. The zero-order valence-electron chi connectivity index (χ0n) is 21.4. The summed E-state index contributed by atoms with van der Waals surface area (Å²) in [5.41, 5.74) is 6.19. The second-order valence-electron chi connectivity index (χ2n) is 9.04. The maximum atomic E-state index is 13.1. The molecule has 0 aromatic heterocycles. The third-order valence-electron chi connectivity index (χ3n) is 5.73. The van der Waals surface area contributed by atoms with Gasteiger partial charge in [0.1, 0.15) is 12.1 Å². The third kappa shape index (κ3) is 9.32. The van der Waals surface area contributed by atoms with Crippen molar-refractivity contribution in [1.29, 1.82) is 0 Å². The Labute approximate surface area is 220 Å². The number of aliphatic hydroxyl groups is 1. The maximum absolute atomic E-state index is 13.1. The highest BCUT2D eigenvalue weighted by molar-refractivity contribution is 6.13. The van der Waals surface area contributed by atoms with Crippen LogP contribution in [0.5, 0.6) is 0 Å². The van der Waals surface area contributed by atoms with Gasteiger partial charge in [0.05, 0.1) is 6.61 Å². The van der Waals surface area contributed by atoms with Crippen LogP contribution in [0.2, 0.25) is 0 Å². The number of carbonyl (C=O) groups excluding carboxylic acids is 6. The summed E-state index contributed by atoms with van der Waals surface area (Å²) in [6.45, 7) is 3.35. The van der Waals surface area contributed by atoms with Gasteiger partial charge in [-0.25, -0.2) is 4.79 Å². The minimum Gasteiger partial charge on any atom is -0.392 e. The van der Waals surface area contributed by atoms with Crippen LogP contribution in [0.1, 0.15) is 38.7 Å². The predicted octanol–water partition coefficient (Wildman–Crippen LogP) is -0.493. The average Bonchev–Trinajstić information content (AvgIpc) is 3.19. The molecule has 1 heterocycles. The Bertz CT molecular complexity index is 1050. The van der Waals surface area contributed by atoms with Gasteiger partial charge in [-0.15, -0.1) is 0 Å². The van der Waals surface area contributed by atoms with Crippen molar-refractivity contribution < 1.29 is 33.9 Å². The van der Waals surface area contributed by atoms with Gasteiger partial charge in [0, 0.05) is 37.3 Å². The standard InChI is InChI=1S/C25H34N6O7/c1-15(2)22(30-19(33)11-13-31-20(34)9-10-21(31)35)24(37)29-18(4-3-12-27-25(26)38)23(36)28-17-7-5-16(14-32)6-8-17/h5-10,15,18,22,32H,3-4,11-14H2,1-2H3,(H,28,36)(H,29,37)(H,30,33)(H3,26,27,38)/t18-,22+/m0/s1. The molecular weight excluding hydrogens is 496 g/mol. The van der Waals surface area contributed by atoms with Crippen LogP contribution in [0, 0.1) is 5.92 Å². The van der Waals surface area contributed by atoms with E-state index in [9.17, 15) is 33.9 Å². The molecule has 38 heavy (non-hydrogen) atoms. The number of rotatable bonds is 14. The van der Waals surface area contributed by atoms with Gasteiger partial charge in [0.15, 0.2) is 0 Å². The van der Waals surface area contributed by atoms with Gasteiger partial charge in [-0.05, 0) is 36.5 Å². The summed E-state index contributed by atoms with van der Waals surface area (Å²) in [6.07, 6.45) is 2.54. The van der Waals surface area contributed by atoms with Crippen molar-refractivity contribution in [1.82, 2.24) is 20.9 Å². The Morgan fingerprint density at radius 3 is 2.16 bits per heavy atom. The highest BCUT2D eigenvalue weighted by Crippen LogP contribution is 2.12. The van der Waals surface area contributed by atoms with Crippen molar-refractivity contribution in [3.05, 3.63) is 42.0 Å². The summed E-state index contributed by atoms with van der Waals surface area (Å²) < 4.78 is 0. The molecule has 0 spiro atoms. The molecule has 206 valence electrons. The van der Waals surface area contributed by atoms with Gasteiger partial charge in [-0.2, -0.15) is 0 Å². The number of aliphatic hydroxyl groups excluding tert-OH is 1. The molecule has 0 unspecified atom stereocenters. The van der Waals surface area contributed by atoms with Gasteiger partial charge in [0.2, 0.25) is 17.7 Å². The molecule has 2 rings (SSSR count). The summed E-state index contributed by atoms with van der Waals surface area (Å²) in [5.74, 6) is -3.01. The van der Waals surface area contributed by atoms with E-state index < -0.39 is 47.7 Å². The second-order valence-corrected chi connectivity index (χ2v) is 9.04. The van der Waals surface area contributed by atoms with E-state index in [4.69, 9.17) is 5.73 Å². The number of anilines is 1. The van der Waals surface area contributed by atoms with Crippen LogP contribution >= 0.6 is 0 Å². The van der Waals surface area contributed by atoms with Crippen LogP contribution in [0.4, 0.5) is 10.5 Å². The Kier molecular flexibility index (Phi) is 11.4. The first-order valence-electron chi connectivity index (χ1n) is 12.2. The zero-order valence-corrected chi connectivity index (χ0v) is 21.4. The molecule has 13 heteroatoms. The third-order valence-corrected chi connectivity index (χ3v) is 5.73. The number of hydrogen-bond acceptors (Lipinski definition) is 7. The van der Waals surface area contributed by atoms with Crippen molar-refractivity contribution in [3.8, 4) is 0 Å². The fourth-order valence-electron chi connectivity index (χ4n) is 3.62. The molecule has 0 saturated carbocycles. The van der Waals surface area contributed by atoms with E-state index in [-0.39, 0.29) is 38.5 Å². The molecular formula is C25H34N6O7. The molecule has 7 N–H and O–H groups in total. The first kappa shape index (κ1) is 30.0. The van der Waals surface area contributed by atoms with Crippen molar-refractivity contribution in [3.63, 3.8) is 0 Å². The van der Waals surface area contributed by atoms with Gasteiger partial charge in [0.25, 0.3) is 11.8 Å². The summed E-state index contributed by atoms with van der Waals surface area (Å²) in [4.78, 5) is 73.9. The van der Waals surface area contributed by atoms with E-state index in [2.05, 4.69) is 21.3 Å². The van der Waals surface area contributed by atoms with E-state index in [1.807, 2.05) is 0 Å². The van der Waals surface area contributed by atoms with Crippen LogP contribution in [0.25, 0.3) is 0 Å². The Morgan fingerprint density at radius 1 is 0.974 bits per heavy atom. The molecule has 0 bridgehead atoms. The molecule has 0 radical (unpaired) electrons. The molecule has 1 aromatic rings. The topological polar surface area (TPSA) is 200 Å². The molecule has 0 fully saturated rings. The fourth-order valence-corrected chi connectivity index (χ4v) is 3.62. The molecule has 7 amide bonds. The van der Waals surface area contributed by atoms with Crippen molar-refractivity contribution in [2.75, 3.05) is 18.4 Å². The predicted molar refractivity (Wildman–Crippen MR) is 137 cm³/mol. The summed E-state index contributed by atoms with van der Waals surface area (Å²) in [7, 11) is 0. The zero-order chi connectivity index (χ0) is 28.2. The highest BCUT2D eigenvalue weighted by Gasteiger charge is 2.30. The van der Waals surface area contributed by atoms with E-state index in [0.717, 1.165) is 17.1 Å². The van der Waals surface area contributed by atoms with Crippen molar-refractivity contribution in [2.24, 2.45) is 11.7 Å². The monoisotopic (exact) mass is 530 g/mol.